The molecule has 2 aromatic heterocycles. The van der Waals surface area contributed by atoms with Crippen LogP contribution >= 0.6 is 12.4 Å². The fourth-order valence-electron chi connectivity index (χ4n) is 2.96. The van der Waals surface area contributed by atoms with Crippen LogP contribution in [0.2, 0.25) is 0 Å². The molecule has 0 unspecified atom stereocenters. The van der Waals surface area contributed by atoms with Crippen LogP contribution in [0, 0.1) is 25.5 Å². The first kappa shape index (κ1) is 19.7. The van der Waals surface area contributed by atoms with Gasteiger partial charge in [-0.15, -0.1) is 12.4 Å². The van der Waals surface area contributed by atoms with Crippen molar-refractivity contribution in [2.75, 3.05) is 5.32 Å². The molecule has 2 aromatic carbocycles. The molecule has 8 heteroatoms. The van der Waals surface area contributed by atoms with Gasteiger partial charge in [0.15, 0.2) is 11.6 Å². The fourth-order valence-corrected chi connectivity index (χ4v) is 2.96. The Labute approximate surface area is 166 Å². The summed E-state index contributed by atoms with van der Waals surface area (Å²) >= 11 is 0. The third kappa shape index (κ3) is 3.80. The van der Waals surface area contributed by atoms with Gasteiger partial charge in [0.2, 0.25) is 0 Å². The second-order valence-electron chi connectivity index (χ2n) is 6.33. The van der Waals surface area contributed by atoms with Gasteiger partial charge >= 0.3 is 0 Å². The van der Waals surface area contributed by atoms with Gasteiger partial charge in [0.25, 0.3) is 5.95 Å². The van der Waals surface area contributed by atoms with Gasteiger partial charge in [-0.1, -0.05) is 18.2 Å². The molecule has 4 aromatic rings. The molecule has 28 heavy (non-hydrogen) atoms. The van der Waals surface area contributed by atoms with E-state index >= 15 is 0 Å². The first-order valence-electron chi connectivity index (χ1n) is 8.49. The van der Waals surface area contributed by atoms with Crippen molar-refractivity contribution in [2.45, 2.75) is 20.4 Å². The number of anilines is 1. The molecule has 0 radical (unpaired) electrons. The number of nitrogens with zero attached hydrogens (tertiary/aromatic N) is 4. The van der Waals surface area contributed by atoms with Crippen LogP contribution in [0.5, 0.6) is 0 Å². The van der Waals surface area contributed by atoms with Crippen LogP contribution in [0.4, 0.5) is 14.6 Å². The molecule has 1 N–H and O–H groups in total. The maximum atomic E-state index is 13.5. The zero-order valence-electron chi connectivity index (χ0n) is 15.3. The van der Waals surface area contributed by atoms with Crippen LogP contribution in [-0.2, 0) is 6.54 Å². The second-order valence-corrected chi connectivity index (χ2v) is 6.33. The van der Waals surface area contributed by atoms with E-state index in [4.69, 9.17) is 0 Å². The van der Waals surface area contributed by atoms with E-state index in [1.165, 1.54) is 12.1 Å². The molecule has 4 rings (SSSR count). The summed E-state index contributed by atoms with van der Waals surface area (Å²) in [6.45, 7) is 4.15. The van der Waals surface area contributed by atoms with Crippen molar-refractivity contribution >= 4 is 29.1 Å². The lowest BCUT2D eigenvalue weighted by Gasteiger charge is -2.12. The van der Waals surface area contributed by atoms with Gasteiger partial charge in [-0.25, -0.2) is 18.4 Å². The summed E-state index contributed by atoms with van der Waals surface area (Å²) in [5, 5.41) is 8.48. The highest BCUT2D eigenvalue weighted by Gasteiger charge is 2.12. The predicted octanol–water partition coefficient (Wildman–Crippen LogP) is 4.74. The van der Waals surface area contributed by atoms with Crippen LogP contribution in [0.15, 0.2) is 48.5 Å². The molecule has 0 spiro atoms. The first-order chi connectivity index (χ1) is 13.0. The minimum absolute atomic E-state index is 0. The third-order valence-corrected chi connectivity index (χ3v) is 4.23. The zero-order valence-corrected chi connectivity index (χ0v) is 16.1. The van der Waals surface area contributed by atoms with Crippen molar-refractivity contribution < 1.29 is 8.78 Å². The van der Waals surface area contributed by atoms with Gasteiger partial charge in [0, 0.05) is 17.6 Å². The Hall–Kier alpha value is -3.06. The summed E-state index contributed by atoms with van der Waals surface area (Å²) in [4.78, 5) is 9.21. The number of benzene rings is 2. The molecule has 0 fully saturated rings. The normalized spacial score (nSPS) is 10.7. The van der Waals surface area contributed by atoms with E-state index in [0.717, 1.165) is 28.4 Å². The predicted molar refractivity (Wildman–Crippen MR) is 107 cm³/mol. The van der Waals surface area contributed by atoms with Crippen LogP contribution in [-0.4, -0.2) is 19.7 Å². The minimum Gasteiger partial charge on any atom is -0.365 e. The van der Waals surface area contributed by atoms with Gasteiger partial charge < -0.3 is 5.32 Å². The fraction of sp³-hybridized carbons (Fsp3) is 0.150. The largest absolute Gasteiger partial charge is 0.365 e. The highest BCUT2D eigenvalue weighted by Crippen LogP contribution is 2.23. The van der Waals surface area contributed by atoms with Crippen LogP contribution in [0.25, 0.3) is 16.9 Å². The number of halogens is 3. The number of hydrogen-bond acceptors (Lipinski definition) is 4. The zero-order chi connectivity index (χ0) is 19.0. The third-order valence-electron chi connectivity index (χ3n) is 4.23. The van der Waals surface area contributed by atoms with Crippen molar-refractivity contribution in [1.29, 1.82) is 0 Å². The maximum absolute atomic E-state index is 13.5. The summed E-state index contributed by atoms with van der Waals surface area (Å²) in [7, 11) is 0. The van der Waals surface area contributed by atoms with Crippen molar-refractivity contribution in [3.05, 3.63) is 77.1 Å². The van der Waals surface area contributed by atoms with Gasteiger partial charge in [0.05, 0.1) is 11.2 Å². The molecule has 0 saturated heterocycles. The Bertz CT molecular complexity index is 1140. The second kappa shape index (κ2) is 7.90. The molecule has 0 saturated carbocycles. The number of para-hydroxylation sites is 1. The average molecular weight is 402 g/mol. The Kier molecular flexibility index (Phi) is 5.56. The summed E-state index contributed by atoms with van der Waals surface area (Å²) in [6.07, 6.45) is 0. The van der Waals surface area contributed by atoms with Crippen molar-refractivity contribution in [2.24, 2.45) is 0 Å². The first-order valence-corrected chi connectivity index (χ1v) is 8.49. The van der Waals surface area contributed by atoms with Crippen LogP contribution < -0.4 is 5.32 Å². The van der Waals surface area contributed by atoms with E-state index in [-0.39, 0.29) is 12.4 Å². The molecule has 0 aliphatic rings. The topological polar surface area (TPSA) is 55.6 Å². The molecular weight excluding hydrogens is 384 g/mol. The van der Waals surface area contributed by atoms with Gasteiger partial charge in [-0.3, -0.25) is 0 Å². The molecule has 0 aliphatic heterocycles. The number of hydrogen-bond donors (Lipinski definition) is 1. The van der Waals surface area contributed by atoms with Crippen LogP contribution in [0.1, 0.15) is 17.0 Å². The quantitative estimate of drug-likeness (QED) is 0.536. The lowest BCUT2D eigenvalue weighted by atomic mass is 10.2. The van der Waals surface area contributed by atoms with Gasteiger partial charge in [-0.2, -0.15) is 10.1 Å². The lowest BCUT2D eigenvalue weighted by molar-refractivity contribution is 0.507. The van der Waals surface area contributed by atoms with Crippen molar-refractivity contribution in [3.63, 3.8) is 0 Å². The standard InChI is InChI=1S/C20H17F2N5.ClH/c1-12-9-13(2)27(26-12)20-24-18-6-4-3-5-15(18)19(25-20)23-11-14-7-8-16(21)17(22)10-14;/h3-10H,11H2,1-2H3,(H,23,24,25);1H. The van der Waals surface area contributed by atoms with E-state index in [1.807, 2.05) is 44.2 Å². The number of fused-ring (bicyclic) bond motifs is 1. The number of aromatic nitrogens is 4. The minimum atomic E-state index is -0.870. The Morgan fingerprint density at radius 1 is 0.964 bits per heavy atom. The Morgan fingerprint density at radius 2 is 1.75 bits per heavy atom. The Balaban J connectivity index is 0.00000225. The SMILES string of the molecule is Cc1cc(C)n(-c2nc(NCc3ccc(F)c(F)c3)c3ccccc3n2)n1.Cl. The monoisotopic (exact) mass is 401 g/mol. The van der Waals surface area contributed by atoms with Crippen molar-refractivity contribution in [1.82, 2.24) is 19.7 Å². The average Bonchev–Trinajstić information content (AvgIpc) is 3.00. The number of nitrogens with one attached hydrogen (secondary N) is 1. The molecule has 144 valence electrons. The Morgan fingerprint density at radius 3 is 2.46 bits per heavy atom. The van der Waals surface area contributed by atoms with E-state index < -0.39 is 11.6 Å². The summed E-state index contributed by atoms with van der Waals surface area (Å²) in [5.74, 6) is -0.678. The molecule has 0 bridgehead atoms. The summed E-state index contributed by atoms with van der Waals surface area (Å²) < 4.78 is 28.3. The van der Waals surface area contributed by atoms with Crippen molar-refractivity contribution in [3.8, 4) is 5.95 Å². The molecule has 2 heterocycles. The summed E-state index contributed by atoms with van der Waals surface area (Å²) in [6, 6.07) is 13.4. The highest BCUT2D eigenvalue weighted by molar-refractivity contribution is 5.89. The number of rotatable bonds is 4. The van der Waals surface area contributed by atoms with E-state index in [1.54, 1.807) is 4.68 Å². The lowest BCUT2D eigenvalue weighted by Crippen LogP contribution is -2.09. The van der Waals surface area contributed by atoms with E-state index in [9.17, 15) is 8.78 Å². The van der Waals surface area contributed by atoms with E-state index in [0.29, 0.717) is 23.9 Å². The molecule has 0 aliphatic carbocycles. The van der Waals surface area contributed by atoms with Gasteiger partial charge in [-0.05, 0) is 49.7 Å². The smallest absolute Gasteiger partial charge is 0.253 e. The van der Waals surface area contributed by atoms with Gasteiger partial charge in [0.1, 0.15) is 5.82 Å². The molecule has 5 nitrogen and oxygen atoms in total. The maximum Gasteiger partial charge on any atom is 0.253 e. The van der Waals surface area contributed by atoms with Crippen LogP contribution in [0.3, 0.4) is 0 Å². The summed E-state index contributed by atoms with van der Waals surface area (Å²) in [5.41, 5.74) is 3.18. The molecule has 0 atom stereocenters. The number of aryl methyl sites for hydroxylation is 2. The molecule has 0 amide bonds. The van der Waals surface area contributed by atoms with E-state index in [2.05, 4.69) is 20.4 Å². The molecular formula is C20H18ClF2N5. The highest BCUT2D eigenvalue weighted by atomic mass is 35.5.